The third-order valence-corrected chi connectivity index (χ3v) is 3.70. The van der Waals surface area contributed by atoms with E-state index in [0.717, 1.165) is 0 Å². The lowest BCUT2D eigenvalue weighted by molar-refractivity contribution is -0.123. The number of nitrogens with one attached hydrogen (secondary N) is 2. The summed E-state index contributed by atoms with van der Waals surface area (Å²) in [6.07, 6.45) is 0.0189. The van der Waals surface area contributed by atoms with E-state index in [-0.39, 0.29) is 18.2 Å². The summed E-state index contributed by atoms with van der Waals surface area (Å²) in [4.78, 5) is 24.2. The van der Waals surface area contributed by atoms with Crippen LogP contribution in [0.2, 0.25) is 5.02 Å². The molecule has 2 aromatic rings. The molecule has 2 N–H and O–H groups in total. The molecule has 1 aliphatic heterocycles. The van der Waals surface area contributed by atoms with Gasteiger partial charge in [0.1, 0.15) is 5.82 Å². The molecule has 4 nitrogen and oxygen atoms in total. The maximum absolute atomic E-state index is 13.3. The van der Waals surface area contributed by atoms with E-state index >= 15 is 0 Å². The predicted molar refractivity (Wildman–Crippen MR) is 82.5 cm³/mol. The van der Waals surface area contributed by atoms with Crippen LogP contribution in [-0.2, 0) is 9.59 Å². The van der Waals surface area contributed by atoms with E-state index in [2.05, 4.69) is 10.6 Å². The molecule has 112 valence electrons. The molecule has 0 radical (unpaired) electrons. The van der Waals surface area contributed by atoms with E-state index in [1.54, 1.807) is 24.3 Å². The Balaban J connectivity index is 1.88. The second-order valence-corrected chi connectivity index (χ2v) is 5.47. The molecule has 1 atom stereocenters. The minimum atomic E-state index is -0.664. The van der Waals surface area contributed by atoms with Crippen LogP contribution in [0.1, 0.15) is 17.9 Å². The number of hydrogen-bond acceptors (Lipinski definition) is 2. The molecule has 0 saturated carbocycles. The van der Waals surface area contributed by atoms with Crippen molar-refractivity contribution in [3.8, 4) is 0 Å². The molecular weight excluding hydrogens is 307 g/mol. The highest BCUT2D eigenvalue weighted by molar-refractivity contribution is 6.30. The van der Waals surface area contributed by atoms with Crippen LogP contribution in [0.15, 0.2) is 42.5 Å². The van der Waals surface area contributed by atoms with Gasteiger partial charge in [-0.1, -0.05) is 23.7 Å². The fourth-order valence-electron chi connectivity index (χ4n) is 2.47. The second-order valence-electron chi connectivity index (χ2n) is 5.04. The van der Waals surface area contributed by atoms with Crippen molar-refractivity contribution in [2.24, 2.45) is 0 Å². The lowest BCUT2D eigenvalue weighted by Crippen LogP contribution is -2.30. The zero-order valence-corrected chi connectivity index (χ0v) is 12.2. The molecule has 0 aliphatic carbocycles. The van der Waals surface area contributed by atoms with Crippen molar-refractivity contribution >= 4 is 34.8 Å². The van der Waals surface area contributed by atoms with E-state index in [1.807, 2.05) is 0 Å². The molecule has 0 spiro atoms. The normalized spacial score (nSPS) is 16.6. The van der Waals surface area contributed by atoms with Crippen molar-refractivity contribution in [1.29, 1.82) is 0 Å². The number of carbonyl (C=O) groups is 2. The van der Waals surface area contributed by atoms with Gasteiger partial charge in [-0.2, -0.15) is 0 Å². The highest BCUT2D eigenvalue weighted by Crippen LogP contribution is 2.33. The van der Waals surface area contributed by atoms with E-state index in [1.165, 1.54) is 18.2 Å². The van der Waals surface area contributed by atoms with Crippen molar-refractivity contribution in [3.63, 3.8) is 0 Å². The minimum absolute atomic E-state index is 0.0189. The molecule has 2 amide bonds. The van der Waals surface area contributed by atoms with Crippen molar-refractivity contribution < 1.29 is 14.0 Å². The summed E-state index contributed by atoms with van der Waals surface area (Å²) in [6.45, 7) is 0. The van der Waals surface area contributed by atoms with Crippen LogP contribution in [0, 0.1) is 5.82 Å². The fourth-order valence-corrected chi connectivity index (χ4v) is 2.66. The largest absolute Gasteiger partial charge is 0.326 e. The predicted octanol–water partition coefficient (Wildman–Crippen LogP) is 3.54. The Morgan fingerprint density at radius 2 is 2.09 bits per heavy atom. The monoisotopic (exact) mass is 318 g/mol. The number of hydrogen-bond donors (Lipinski definition) is 2. The maximum atomic E-state index is 13.3. The molecule has 22 heavy (non-hydrogen) atoms. The first-order chi connectivity index (χ1) is 10.5. The Labute approximate surface area is 131 Å². The summed E-state index contributed by atoms with van der Waals surface area (Å²) in [6, 6.07) is 10.7. The molecule has 1 aliphatic rings. The van der Waals surface area contributed by atoms with Crippen LogP contribution < -0.4 is 10.6 Å². The quantitative estimate of drug-likeness (QED) is 0.889. The molecule has 2 aromatic carbocycles. The molecule has 0 aromatic heterocycles. The summed E-state index contributed by atoms with van der Waals surface area (Å²) >= 11 is 5.88. The number of carbonyl (C=O) groups excluding carboxylic acids is 2. The van der Waals surface area contributed by atoms with Gasteiger partial charge in [-0.05, 0) is 35.9 Å². The first-order valence-electron chi connectivity index (χ1n) is 6.68. The Morgan fingerprint density at radius 3 is 2.86 bits per heavy atom. The van der Waals surface area contributed by atoms with Crippen LogP contribution in [0.5, 0.6) is 0 Å². The molecule has 0 unspecified atom stereocenters. The van der Waals surface area contributed by atoms with Gasteiger partial charge in [-0.15, -0.1) is 0 Å². The van der Waals surface area contributed by atoms with Crippen molar-refractivity contribution in [2.75, 3.05) is 10.6 Å². The average Bonchev–Trinajstić information content (AvgIpc) is 2.45. The lowest BCUT2D eigenvalue weighted by Gasteiger charge is -2.24. The van der Waals surface area contributed by atoms with Crippen LogP contribution in [0.25, 0.3) is 0 Å². The van der Waals surface area contributed by atoms with Gasteiger partial charge < -0.3 is 10.6 Å². The van der Waals surface area contributed by atoms with Gasteiger partial charge in [0.15, 0.2) is 0 Å². The summed E-state index contributed by atoms with van der Waals surface area (Å²) in [5.41, 5.74) is 1.48. The number of rotatable bonds is 2. The van der Waals surface area contributed by atoms with Crippen LogP contribution in [-0.4, -0.2) is 11.8 Å². The van der Waals surface area contributed by atoms with E-state index in [9.17, 15) is 14.0 Å². The second kappa shape index (κ2) is 5.77. The molecule has 6 heteroatoms. The zero-order valence-electron chi connectivity index (χ0n) is 11.4. The topological polar surface area (TPSA) is 58.2 Å². The standard InChI is InChI=1S/C16H12ClFN2O2/c17-9-2-1-3-11(6-9)19-16(22)13-8-15(21)20-14-7-10(18)4-5-12(13)14/h1-7,13H,8H2,(H,19,22)(H,20,21)/t13-/m0/s1. The minimum Gasteiger partial charge on any atom is -0.326 e. The summed E-state index contributed by atoms with van der Waals surface area (Å²) in [5, 5.41) is 5.81. The van der Waals surface area contributed by atoms with E-state index in [0.29, 0.717) is 22.0 Å². The number of fused-ring (bicyclic) bond motifs is 1. The summed E-state index contributed by atoms with van der Waals surface area (Å²) < 4.78 is 13.3. The molecule has 0 bridgehead atoms. The number of anilines is 2. The zero-order chi connectivity index (χ0) is 15.7. The number of benzene rings is 2. The van der Waals surface area contributed by atoms with Crippen LogP contribution >= 0.6 is 11.6 Å². The molecule has 0 saturated heterocycles. The number of halogens is 2. The average molecular weight is 319 g/mol. The van der Waals surface area contributed by atoms with Crippen LogP contribution in [0.3, 0.4) is 0 Å². The van der Waals surface area contributed by atoms with Crippen LogP contribution in [0.4, 0.5) is 15.8 Å². The van der Waals surface area contributed by atoms with Crippen molar-refractivity contribution in [2.45, 2.75) is 12.3 Å². The van der Waals surface area contributed by atoms with Gasteiger partial charge >= 0.3 is 0 Å². The van der Waals surface area contributed by atoms with E-state index in [4.69, 9.17) is 11.6 Å². The third-order valence-electron chi connectivity index (χ3n) is 3.46. The van der Waals surface area contributed by atoms with Crippen molar-refractivity contribution in [3.05, 3.63) is 58.9 Å². The first-order valence-corrected chi connectivity index (χ1v) is 7.06. The lowest BCUT2D eigenvalue weighted by atomic mass is 9.89. The maximum Gasteiger partial charge on any atom is 0.232 e. The van der Waals surface area contributed by atoms with Gasteiger partial charge in [0.2, 0.25) is 11.8 Å². The third kappa shape index (κ3) is 2.94. The fraction of sp³-hybridized carbons (Fsp3) is 0.125. The highest BCUT2D eigenvalue weighted by atomic mass is 35.5. The van der Waals surface area contributed by atoms with Gasteiger partial charge in [-0.25, -0.2) is 4.39 Å². The number of amides is 2. The van der Waals surface area contributed by atoms with Gasteiger partial charge in [-0.3, -0.25) is 9.59 Å². The Bertz CT molecular complexity index is 764. The first kappa shape index (κ1) is 14.5. The smallest absolute Gasteiger partial charge is 0.232 e. The summed E-state index contributed by atoms with van der Waals surface area (Å²) in [5.74, 6) is -1.77. The molecular formula is C16H12ClFN2O2. The van der Waals surface area contributed by atoms with Gasteiger partial charge in [0.05, 0.1) is 5.92 Å². The van der Waals surface area contributed by atoms with Crippen molar-refractivity contribution in [1.82, 2.24) is 0 Å². The molecule has 3 rings (SSSR count). The van der Waals surface area contributed by atoms with Gasteiger partial charge in [0, 0.05) is 22.8 Å². The molecule has 1 heterocycles. The SMILES string of the molecule is O=C1C[C@H](C(=O)Nc2cccc(Cl)c2)c2ccc(F)cc2N1. The summed E-state index contributed by atoms with van der Waals surface area (Å²) in [7, 11) is 0. The Morgan fingerprint density at radius 1 is 1.27 bits per heavy atom. The van der Waals surface area contributed by atoms with E-state index < -0.39 is 11.7 Å². The molecule has 0 fully saturated rings. The highest BCUT2D eigenvalue weighted by Gasteiger charge is 2.30. The Hall–Kier alpha value is -2.40. The Kier molecular flexibility index (Phi) is 3.81. The van der Waals surface area contributed by atoms with Gasteiger partial charge in [0.25, 0.3) is 0 Å².